The summed E-state index contributed by atoms with van der Waals surface area (Å²) in [5, 5.41) is 8.82. The number of benzene rings is 1. The number of ether oxygens (including phenoxy) is 2. The second-order valence-corrected chi connectivity index (χ2v) is 7.02. The minimum Gasteiger partial charge on any atom is -0.497 e. The lowest BCUT2D eigenvalue weighted by atomic mass is 9.89. The van der Waals surface area contributed by atoms with Crippen LogP contribution in [0.4, 0.5) is 0 Å². The van der Waals surface area contributed by atoms with Gasteiger partial charge in [-0.25, -0.2) is 4.98 Å². The fourth-order valence-electron chi connectivity index (χ4n) is 3.10. The van der Waals surface area contributed by atoms with Crippen molar-refractivity contribution in [1.82, 2.24) is 9.88 Å². The molecule has 0 saturated carbocycles. The molecule has 1 unspecified atom stereocenters. The van der Waals surface area contributed by atoms with E-state index >= 15 is 0 Å². The van der Waals surface area contributed by atoms with Crippen molar-refractivity contribution >= 4 is 5.91 Å². The monoisotopic (exact) mass is 351 g/mol. The molecule has 0 bridgehead atoms. The topological polar surface area (TPSA) is 75.5 Å². The third-order valence-electron chi connectivity index (χ3n) is 4.48. The number of aromatic nitrogens is 1. The van der Waals surface area contributed by atoms with Crippen molar-refractivity contribution in [2.75, 3.05) is 13.7 Å². The van der Waals surface area contributed by atoms with Gasteiger partial charge in [0.2, 0.25) is 0 Å². The summed E-state index contributed by atoms with van der Waals surface area (Å²) in [7, 11) is 1.63. The van der Waals surface area contributed by atoms with Crippen LogP contribution >= 0.6 is 0 Å². The summed E-state index contributed by atoms with van der Waals surface area (Å²) < 4.78 is 11.1. The molecule has 0 radical (unpaired) electrons. The number of hydrogen-bond donors (Lipinski definition) is 0. The van der Waals surface area contributed by atoms with Crippen LogP contribution in [0, 0.1) is 16.7 Å². The van der Waals surface area contributed by atoms with Gasteiger partial charge < -0.3 is 14.4 Å². The molecule has 0 aliphatic carbocycles. The van der Waals surface area contributed by atoms with Gasteiger partial charge in [-0.05, 0) is 29.8 Å². The normalized spacial score (nSPS) is 18.5. The molecule has 0 N–H and O–H groups in total. The van der Waals surface area contributed by atoms with Crippen LogP contribution in [0.15, 0.2) is 42.6 Å². The summed E-state index contributed by atoms with van der Waals surface area (Å²) in [6.45, 7) is 5.16. The van der Waals surface area contributed by atoms with Gasteiger partial charge in [-0.15, -0.1) is 0 Å². The summed E-state index contributed by atoms with van der Waals surface area (Å²) in [5.41, 5.74) is 1.02. The number of rotatable bonds is 5. The van der Waals surface area contributed by atoms with E-state index < -0.39 is 6.10 Å². The van der Waals surface area contributed by atoms with Gasteiger partial charge in [0.05, 0.1) is 13.3 Å². The van der Waals surface area contributed by atoms with Crippen LogP contribution in [-0.4, -0.2) is 35.5 Å². The Hall–Kier alpha value is -3.07. The maximum atomic E-state index is 12.9. The van der Waals surface area contributed by atoms with Gasteiger partial charge in [0.15, 0.2) is 6.10 Å². The third-order valence-corrected chi connectivity index (χ3v) is 4.48. The predicted molar refractivity (Wildman–Crippen MR) is 95.6 cm³/mol. The second kappa shape index (κ2) is 7.04. The molecule has 1 aromatic heterocycles. The molecule has 1 aliphatic rings. The molecule has 1 aliphatic heterocycles. The Morgan fingerprint density at radius 3 is 2.50 bits per heavy atom. The van der Waals surface area contributed by atoms with E-state index in [4.69, 9.17) is 14.7 Å². The molecule has 2 aromatic rings. The molecule has 1 saturated heterocycles. The Morgan fingerprint density at radius 2 is 1.92 bits per heavy atom. The van der Waals surface area contributed by atoms with Gasteiger partial charge in [-0.2, -0.15) is 5.26 Å². The number of carbonyl (C=O) groups is 1. The molecule has 6 nitrogen and oxygen atoms in total. The van der Waals surface area contributed by atoms with Gasteiger partial charge in [-0.1, -0.05) is 26.0 Å². The predicted octanol–water partition coefficient (Wildman–Crippen LogP) is 2.78. The molecular weight excluding hydrogens is 330 g/mol. The molecule has 0 spiro atoms. The Bertz CT molecular complexity index is 823. The molecule has 26 heavy (non-hydrogen) atoms. The molecule has 134 valence electrons. The maximum Gasteiger partial charge on any atom is 0.264 e. The van der Waals surface area contributed by atoms with Crippen LogP contribution in [0.5, 0.6) is 11.5 Å². The van der Waals surface area contributed by atoms with Crippen LogP contribution < -0.4 is 9.47 Å². The molecule has 1 amide bonds. The van der Waals surface area contributed by atoms with Gasteiger partial charge in [0.25, 0.3) is 5.91 Å². The van der Waals surface area contributed by atoms with Gasteiger partial charge in [-0.3, -0.25) is 4.79 Å². The molecule has 1 fully saturated rings. The van der Waals surface area contributed by atoms with E-state index in [0.29, 0.717) is 24.5 Å². The highest BCUT2D eigenvalue weighted by molar-refractivity contribution is 5.84. The lowest BCUT2D eigenvalue weighted by Crippen LogP contribution is -2.36. The number of pyridine rings is 1. The van der Waals surface area contributed by atoms with Crippen molar-refractivity contribution in [2.45, 2.75) is 26.5 Å². The first kappa shape index (κ1) is 17.7. The average molecular weight is 351 g/mol. The number of amides is 1. The minimum atomic E-state index is -0.588. The van der Waals surface area contributed by atoms with Crippen LogP contribution in [0.3, 0.4) is 0 Å². The van der Waals surface area contributed by atoms with Crippen LogP contribution in [0.2, 0.25) is 0 Å². The summed E-state index contributed by atoms with van der Waals surface area (Å²) in [6.07, 6.45) is 0.893. The van der Waals surface area contributed by atoms with Crippen molar-refractivity contribution in [3.8, 4) is 17.6 Å². The van der Waals surface area contributed by atoms with Crippen molar-refractivity contribution < 1.29 is 14.3 Å². The molecule has 1 aromatic carbocycles. The number of hydrogen-bond acceptors (Lipinski definition) is 5. The van der Waals surface area contributed by atoms with E-state index in [1.165, 1.54) is 6.20 Å². The zero-order valence-corrected chi connectivity index (χ0v) is 15.1. The zero-order valence-electron chi connectivity index (χ0n) is 15.1. The molecule has 1 atom stereocenters. The quantitative estimate of drug-likeness (QED) is 0.828. The van der Waals surface area contributed by atoms with E-state index in [1.54, 1.807) is 19.2 Å². The average Bonchev–Trinajstić information content (AvgIpc) is 2.86. The van der Waals surface area contributed by atoms with Gasteiger partial charge in [0, 0.05) is 18.5 Å². The smallest absolute Gasteiger partial charge is 0.264 e. The van der Waals surface area contributed by atoms with E-state index in [0.717, 1.165) is 11.3 Å². The van der Waals surface area contributed by atoms with E-state index in [2.05, 4.69) is 4.98 Å². The Balaban J connectivity index is 1.72. The molecular formula is C20H21N3O3. The van der Waals surface area contributed by atoms with E-state index in [-0.39, 0.29) is 11.3 Å². The fraction of sp³-hybridized carbons (Fsp3) is 0.350. The number of methoxy groups -OCH3 is 1. The maximum absolute atomic E-state index is 12.9. The highest BCUT2D eigenvalue weighted by Crippen LogP contribution is 2.34. The third kappa shape index (κ3) is 3.62. The number of carbonyl (C=O) groups excluding carboxylic acids is 1. The van der Waals surface area contributed by atoms with Crippen molar-refractivity contribution in [3.63, 3.8) is 0 Å². The first-order valence-corrected chi connectivity index (χ1v) is 8.37. The Morgan fingerprint density at radius 1 is 1.23 bits per heavy atom. The first-order chi connectivity index (χ1) is 12.4. The lowest BCUT2D eigenvalue weighted by molar-refractivity contribution is -0.134. The van der Waals surface area contributed by atoms with E-state index in [1.807, 2.05) is 49.1 Å². The standard InChI is InChI=1S/C20H21N3O3/c1-20(2)13-23(12-14-4-7-16(25-3)8-5-14)19(24)18(20)26-17-9-6-15(10-21)22-11-17/h4-9,11,18H,12-13H2,1-3H3. The van der Waals surface area contributed by atoms with Crippen LogP contribution in [-0.2, 0) is 11.3 Å². The summed E-state index contributed by atoms with van der Waals surface area (Å²) in [4.78, 5) is 18.7. The zero-order chi connectivity index (χ0) is 18.7. The van der Waals surface area contributed by atoms with Gasteiger partial charge >= 0.3 is 0 Å². The van der Waals surface area contributed by atoms with Crippen molar-refractivity contribution in [1.29, 1.82) is 5.26 Å². The summed E-state index contributed by atoms with van der Waals surface area (Å²) in [6, 6.07) is 12.9. The number of likely N-dealkylation sites (tertiary alicyclic amines) is 1. The molecule has 2 heterocycles. The fourth-order valence-corrected chi connectivity index (χ4v) is 3.10. The Kier molecular flexibility index (Phi) is 4.81. The SMILES string of the molecule is COc1ccc(CN2CC(C)(C)C(Oc3ccc(C#N)nc3)C2=O)cc1. The minimum absolute atomic E-state index is 0.0461. The van der Waals surface area contributed by atoms with Crippen molar-refractivity contribution in [2.24, 2.45) is 5.41 Å². The first-order valence-electron chi connectivity index (χ1n) is 8.37. The molecule has 6 heteroatoms. The highest BCUT2D eigenvalue weighted by Gasteiger charge is 2.48. The largest absolute Gasteiger partial charge is 0.497 e. The number of nitriles is 1. The summed E-state index contributed by atoms with van der Waals surface area (Å²) in [5.74, 6) is 1.23. The lowest BCUT2D eigenvalue weighted by Gasteiger charge is -2.24. The van der Waals surface area contributed by atoms with Crippen molar-refractivity contribution in [3.05, 3.63) is 53.9 Å². The molecule has 3 rings (SSSR count). The Labute approximate surface area is 153 Å². The summed E-state index contributed by atoms with van der Waals surface area (Å²) >= 11 is 0. The van der Waals surface area contributed by atoms with Gasteiger partial charge in [0.1, 0.15) is 23.3 Å². The highest BCUT2D eigenvalue weighted by atomic mass is 16.5. The van der Waals surface area contributed by atoms with Crippen LogP contribution in [0.25, 0.3) is 0 Å². The van der Waals surface area contributed by atoms with Crippen LogP contribution in [0.1, 0.15) is 25.1 Å². The second-order valence-electron chi connectivity index (χ2n) is 7.02. The van der Waals surface area contributed by atoms with E-state index in [9.17, 15) is 4.79 Å². The number of nitrogens with zero attached hydrogens (tertiary/aromatic N) is 3.